The second-order valence-electron chi connectivity index (χ2n) is 5.74. The SMILES string of the molecule is CCCCNC(=O)c1ccc(OC)c(COc2ccc(C)cc2)c1. The topological polar surface area (TPSA) is 47.6 Å². The van der Waals surface area contributed by atoms with Crippen LogP contribution in [0.1, 0.15) is 41.3 Å². The first-order valence-electron chi connectivity index (χ1n) is 8.28. The zero-order valence-corrected chi connectivity index (χ0v) is 14.6. The maximum Gasteiger partial charge on any atom is 0.251 e. The van der Waals surface area contributed by atoms with Gasteiger partial charge in [-0.2, -0.15) is 0 Å². The maximum absolute atomic E-state index is 12.2. The third-order valence-electron chi connectivity index (χ3n) is 3.77. The molecule has 0 spiro atoms. The van der Waals surface area contributed by atoms with Gasteiger partial charge < -0.3 is 14.8 Å². The number of benzene rings is 2. The van der Waals surface area contributed by atoms with Gasteiger partial charge in [-0.1, -0.05) is 31.0 Å². The minimum atomic E-state index is -0.0670. The zero-order chi connectivity index (χ0) is 17.4. The molecule has 0 bridgehead atoms. The van der Waals surface area contributed by atoms with Crippen molar-refractivity contribution in [1.29, 1.82) is 0 Å². The summed E-state index contributed by atoms with van der Waals surface area (Å²) in [4.78, 5) is 12.2. The minimum absolute atomic E-state index is 0.0670. The van der Waals surface area contributed by atoms with Crippen LogP contribution in [0.15, 0.2) is 42.5 Å². The molecule has 2 aromatic rings. The molecular weight excluding hydrogens is 302 g/mol. The maximum atomic E-state index is 12.2. The number of ether oxygens (including phenoxy) is 2. The Balaban J connectivity index is 2.07. The molecular formula is C20H25NO3. The Morgan fingerprint density at radius 1 is 1.12 bits per heavy atom. The lowest BCUT2D eigenvalue weighted by molar-refractivity contribution is 0.0953. The van der Waals surface area contributed by atoms with Gasteiger partial charge in [0.25, 0.3) is 5.91 Å². The highest BCUT2D eigenvalue weighted by Crippen LogP contribution is 2.22. The van der Waals surface area contributed by atoms with Crippen molar-refractivity contribution < 1.29 is 14.3 Å². The van der Waals surface area contributed by atoms with Crippen molar-refractivity contribution in [2.45, 2.75) is 33.3 Å². The number of amides is 1. The molecule has 0 unspecified atom stereocenters. The molecule has 0 aromatic heterocycles. The summed E-state index contributed by atoms with van der Waals surface area (Å²) in [7, 11) is 1.62. The molecule has 128 valence electrons. The molecule has 0 heterocycles. The van der Waals surface area contributed by atoms with E-state index in [0.29, 0.717) is 24.5 Å². The van der Waals surface area contributed by atoms with E-state index in [4.69, 9.17) is 9.47 Å². The van der Waals surface area contributed by atoms with Gasteiger partial charge in [0.1, 0.15) is 18.1 Å². The largest absolute Gasteiger partial charge is 0.496 e. The van der Waals surface area contributed by atoms with Crippen LogP contribution in [-0.4, -0.2) is 19.6 Å². The molecule has 0 aliphatic heterocycles. The van der Waals surface area contributed by atoms with Gasteiger partial charge in [-0.15, -0.1) is 0 Å². The van der Waals surface area contributed by atoms with Crippen molar-refractivity contribution in [2.24, 2.45) is 0 Å². The molecule has 24 heavy (non-hydrogen) atoms. The summed E-state index contributed by atoms with van der Waals surface area (Å²) >= 11 is 0. The molecule has 0 aliphatic carbocycles. The summed E-state index contributed by atoms with van der Waals surface area (Å²) in [5, 5.41) is 2.92. The lowest BCUT2D eigenvalue weighted by atomic mass is 10.1. The van der Waals surface area contributed by atoms with Crippen molar-refractivity contribution >= 4 is 5.91 Å². The van der Waals surface area contributed by atoms with Gasteiger partial charge in [0.2, 0.25) is 0 Å². The third kappa shape index (κ3) is 5.01. The van der Waals surface area contributed by atoms with E-state index in [1.54, 1.807) is 13.2 Å². The van der Waals surface area contributed by atoms with Crippen LogP contribution in [0.4, 0.5) is 0 Å². The highest BCUT2D eigenvalue weighted by atomic mass is 16.5. The molecule has 0 radical (unpaired) electrons. The first-order chi connectivity index (χ1) is 11.6. The van der Waals surface area contributed by atoms with Crippen molar-refractivity contribution in [2.75, 3.05) is 13.7 Å². The molecule has 1 amide bonds. The Kier molecular flexibility index (Phi) is 6.67. The number of methoxy groups -OCH3 is 1. The highest BCUT2D eigenvalue weighted by Gasteiger charge is 2.10. The molecule has 0 saturated heterocycles. The number of carbonyl (C=O) groups excluding carboxylic acids is 1. The number of nitrogens with one attached hydrogen (secondary N) is 1. The van der Waals surface area contributed by atoms with E-state index in [0.717, 1.165) is 24.2 Å². The van der Waals surface area contributed by atoms with E-state index in [1.165, 1.54) is 5.56 Å². The van der Waals surface area contributed by atoms with E-state index in [2.05, 4.69) is 12.2 Å². The van der Waals surface area contributed by atoms with Crippen LogP contribution in [0, 0.1) is 6.92 Å². The van der Waals surface area contributed by atoms with Crippen LogP contribution in [0.3, 0.4) is 0 Å². The summed E-state index contributed by atoms with van der Waals surface area (Å²) in [5.41, 5.74) is 2.65. The van der Waals surface area contributed by atoms with Gasteiger partial charge in [0.15, 0.2) is 0 Å². The van der Waals surface area contributed by atoms with Crippen molar-refractivity contribution in [1.82, 2.24) is 5.32 Å². The van der Waals surface area contributed by atoms with E-state index >= 15 is 0 Å². The fourth-order valence-corrected chi connectivity index (χ4v) is 2.31. The van der Waals surface area contributed by atoms with E-state index in [-0.39, 0.29) is 5.91 Å². The summed E-state index contributed by atoms with van der Waals surface area (Å²) < 4.78 is 11.2. The van der Waals surface area contributed by atoms with Crippen molar-refractivity contribution in [3.05, 3.63) is 59.2 Å². The number of hydrogen-bond donors (Lipinski definition) is 1. The predicted molar refractivity (Wildman–Crippen MR) is 95.7 cm³/mol. The van der Waals surface area contributed by atoms with Crippen LogP contribution in [0.25, 0.3) is 0 Å². The monoisotopic (exact) mass is 327 g/mol. The molecule has 4 heteroatoms. The number of aryl methyl sites for hydroxylation is 1. The van der Waals surface area contributed by atoms with Gasteiger partial charge in [0.05, 0.1) is 7.11 Å². The van der Waals surface area contributed by atoms with Crippen LogP contribution in [0.5, 0.6) is 11.5 Å². The molecule has 1 N–H and O–H groups in total. The fourth-order valence-electron chi connectivity index (χ4n) is 2.31. The molecule has 2 rings (SSSR count). The average molecular weight is 327 g/mol. The van der Waals surface area contributed by atoms with Crippen LogP contribution in [-0.2, 0) is 6.61 Å². The zero-order valence-electron chi connectivity index (χ0n) is 14.6. The Morgan fingerprint density at radius 2 is 1.88 bits per heavy atom. The molecule has 0 aliphatic rings. The summed E-state index contributed by atoms with van der Waals surface area (Å²) in [5.74, 6) is 1.44. The van der Waals surface area contributed by atoms with Crippen LogP contribution < -0.4 is 14.8 Å². The lowest BCUT2D eigenvalue weighted by Gasteiger charge is -2.12. The molecule has 4 nitrogen and oxygen atoms in total. The summed E-state index contributed by atoms with van der Waals surface area (Å²) in [6, 6.07) is 13.3. The Labute approximate surface area is 143 Å². The van der Waals surface area contributed by atoms with Gasteiger partial charge in [0, 0.05) is 17.7 Å². The Morgan fingerprint density at radius 3 is 2.54 bits per heavy atom. The fraction of sp³-hybridized carbons (Fsp3) is 0.350. The number of carbonyl (C=O) groups is 1. The molecule has 0 atom stereocenters. The van der Waals surface area contributed by atoms with Gasteiger partial charge in [-0.3, -0.25) is 4.79 Å². The highest BCUT2D eigenvalue weighted by molar-refractivity contribution is 5.94. The first kappa shape index (κ1) is 17.9. The summed E-state index contributed by atoms with van der Waals surface area (Å²) in [6.07, 6.45) is 2.03. The normalized spacial score (nSPS) is 10.3. The van der Waals surface area contributed by atoms with E-state index in [1.807, 2.05) is 43.3 Å². The summed E-state index contributed by atoms with van der Waals surface area (Å²) in [6.45, 7) is 5.17. The van der Waals surface area contributed by atoms with Gasteiger partial charge >= 0.3 is 0 Å². The molecule has 0 fully saturated rings. The number of rotatable bonds is 8. The Hall–Kier alpha value is -2.49. The third-order valence-corrected chi connectivity index (χ3v) is 3.77. The second-order valence-corrected chi connectivity index (χ2v) is 5.74. The first-order valence-corrected chi connectivity index (χ1v) is 8.28. The van der Waals surface area contributed by atoms with Crippen LogP contribution >= 0.6 is 0 Å². The van der Waals surface area contributed by atoms with Gasteiger partial charge in [-0.05, 0) is 43.7 Å². The van der Waals surface area contributed by atoms with E-state index in [9.17, 15) is 4.79 Å². The minimum Gasteiger partial charge on any atom is -0.496 e. The average Bonchev–Trinajstić information content (AvgIpc) is 2.61. The van der Waals surface area contributed by atoms with Crippen molar-refractivity contribution in [3.63, 3.8) is 0 Å². The lowest BCUT2D eigenvalue weighted by Crippen LogP contribution is -2.24. The molecule has 0 saturated carbocycles. The smallest absolute Gasteiger partial charge is 0.251 e. The van der Waals surface area contributed by atoms with E-state index < -0.39 is 0 Å². The second kappa shape index (κ2) is 8.96. The number of unbranched alkanes of at least 4 members (excludes halogenated alkanes) is 1. The van der Waals surface area contributed by atoms with Gasteiger partial charge in [-0.25, -0.2) is 0 Å². The molecule has 2 aromatic carbocycles. The quantitative estimate of drug-likeness (QED) is 0.742. The number of hydrogen-bond acceptors (Lipinski definition) is 3. The standard InChI is InChI=1S/C20H25NO3/c1-4-5-12-21-20(22)16-8-11-19(23-3)17(13-16)14-24-18-9-6-15(2)7-10-18/h6-11,13H,4-5,12,14H2,1-3H3,(H,21,22). The van der Waals surface area contributed by atoms with Crippen molar-refractivity contribution in [3.8, 4) is 11.5 Å². The Bertz CT molecular complexity index is 665. The predicted octanol–water partition coefficient (Wildman–Crippen LogP) is 4.11. The van der Waals surface area contributed by atoms with Crippen LogP contribution in [0.2, 0.25) is 0 Å².